The lowest BCUT2D eigenvalue weighted by Crippen LogP contribution is -2.40. The van der Waals surface area contributed by atoms with Crippen molar-refractivity contribution in [3.05, 3.63) is 63.6 Å². The number of hydrogen-bond donors (Lipinski definition) is 0. The summed E-state index contributed by atoms with van der Waals surface area (Å²) in [7, 11) is 0. The Hall–Kier alpha value is -2.18. The average Bonchev–Trinajstić information content (AvgIpc) is 3.12. The molecule has 1 fully saturated rings. The number of anilines is 1. The molecule has 2 aliphatic rings. The second-order valence-corrected chi connectivity index (χ2v) is 7.35. The van der Waals surface area contributed by atoms with E-state index >= 15 is 0 Å². The van der Waals surface area contributed by atoms with Crippen LogP contribution in [0.15, 0.2) is 58.2 Å². The first-order valence-electron chi connectivity index (χ1n) is 7.62. The van der Waals surface area contributed by atoms with Gasteiger partial charge in [-0.05, 0) is 42.0 Å². The van der Waals surface area contributed by atoms with E-state index in [9.17, 15) is 9.59 Å². The molecule has 25 heavy (non-hydrogen) atoms. The molecule has 1 spiro atoms. The van der Waals surface area contributed by atoms with Crippen LogP contribution in [0, 0.1) is 0 Å². The predicted octanol–water partition coefficient (Wildman–Crippen LogP) is 3.93. The van der Waals surface area contributed by atoms with E-state index in [4.69, 9.17) is 16.4 Å². The van der Waals surface area contributed by atoms with Gasteiger partial charge in [0.1, 0.15) is 0 Å². The van der Waals surface area contributed by atoms with E-state index in [2.05, 4.69) is 21.1 Å². The van der Waals surface area contributed by atoms with Gasteiger partial charge in [0.2, 0.25) is 11.5 Å². The molecule has 2 aliphatic heterocycles. The van der Waals surface area contributed by atoms with Crippen molar-refractivity contribution in [2.75, 3.05) is 4.90 Å². The van der Waals surface area contributed by atoms with Gasteiger partial charge in [0.15, 0.2) is 0 Å². The highest BCUT2D eigenvalue weighted by atomic mass is 79.9. The number of benzene rings is 2. The molecule has 2 amide bonds. The molecule has 2 aromatic rings. The van der Waals surface area contributed by atoms with Crippen molar-refractivity contribution >= 4 is 50.7 Å². The van der Waals surface area contributed by atoms with E-state index in [0.29, 0.717) is 16.4 Å². The zero-order chi connectivity index (χ0) is 17.6. The molecule has 4 rings (SSSR count). The van der Waals surface area contributed by atoms with Crippen LogP contribution in [0.25, 0.3) is 0 Å². The molecule has 0 unspecified atom stereocenters. The standard InChI is InChI=1S/C18H12BrClN2O3/c19-12-3-7-14(8-4-12)22-16(23)10-18(17(22)24)9-15(21-25-18)11-1-5-13(20)6-2-11/h1-8H,9-10H2/t18-/m0/s1. The quantitative estimate of drug-likeness (QED) is 0.693. The maximum Gasteiger partial charge on any atom is 0.281 e. The van der Waals surface area contributed by atoms with Gasteiger partial charge in [-0.2, -0.15) is 0 Å². The van der Waals surface area contributed by atoms with Gasteiger partial charge in [-0.1, -0.05) is 44.8 Å². The van der Waals surface area contributed by atoms with Gasteiger partial charge in [-0.15, -0.1) is 0 Å². The van der Waals surface area contributed by atoms with Gasteiger partial charge >= 0.3 is 0 Å². The molecule has 0 bridgehead atoms. The first-order valence-corrected chi connectivity index (χ1v) is 8.80. The Bertz CT molecular complexity index is 896. The topological polar surface area (TPSA) is 59.0 Å². The summed E-state index contributed by atoms with van der Waals surface area (Å²) in [6.45, 7) is 0. The van der Waals surface area contributed by atoms with Gasteiger partial charge in [-0.25, -0.2) is 4.90 Å². The molecule has 5 nitrogen and oxygen atoms in total. The third-order valence-electron chi connectivity index (χ3n) is 4.32. The summed E-state index contributed by atoms with van der Waals surface area (Å²) in [4.78, 5) is 32.1. The lowest BCUT2D eigenvalue weighted by atomic mass is 9.92. The monoisotopic (exact) mass is 418 g/mol. The third kappa shape index (κ3) is 2.75. The molecule has 7 heteroatoms. The van der Waals surface area contributed by atoms with E-state index < -0.39 is 5.60 Å². The highest BCUT2D eigenvalue weighted by molar-refractivity contribution is 9.10. The highest BCUT2D eigenvalue weighted by Crippen LogP contribution is 2.39. The summed E-state index contributed by atoms with van der Waals surface area (Å²) in [5.41, 5.74) is 0.733. The largest absolute Gasteiger partial charge is 0.378 e. The smallest absolute Gasteiger partial charge is 0.281 e. The van der Waals surface area contributed by atoms with E-state index in [0.717, 1.165) is 10.0 Å². The van der Waals surface area contributed by atoms with Crippen molar-refractivity contribution in [3.63, 3.8) is 0 Å². The summed E-state index contributed by atoms with van der Waals surface area (Å²) < 4.78 is 0.871. The minimum atomic E-state index is -1.25. The summed E-state index contributed by atoms with van der Waals surface area (Å²) in [6.07, 6.45) is 0.231. The summed E-state index contributed by atoms with van der Waals surface area (Å²) in [5.74, 6) is -0.674. The van der Waals surface area contributed by atoms with Crippen molar-refractivity contribution in [1.29, 1.82) is 0 Å². The highest BCUT2D eigenvalue weighted by Gasteiger charge is 2.58. The molecular weight excluding hydrogens is 408 g/mol. The number of oxime groups is 1. The number of imide groups is 1. The Morgan fingerprint density at radius 2 is 1.72 bits per heavy atom. The lowest BCUT2D eigenvalue weighted by Gasteiger charge is -2.19. The fourth-order valence-corrected chi connectivity index (χ4v) is 3.44. The summed E-state index contributed by atoms with van der Waals surface area (Å²) in [5, 5.41) is 4.68. The third-order valence-corrected chi connectivity index (χ3v) is 5.11. The fraction of sp³-hybridized carbons (Fsp3) is 0.167. The summed E-state index contributed by atoms with van der Waals surface area (Å²) in [6, 6.07) is 14.1. The van der Waals surface area contributed by atoms with Crippen molar-refractivity contribution in [2.24, 2.45) is 5.16 Å². The first kappa shape index (κ1) is 16.3. The fourth-order valence-electron chi connectivity index (χ4n) is 3.05. The van der Waals surface area contributed by atoms with Crippen LogP contribution in [-0.2, 0) is 14.4 Å². The van der Waals surface area contributed by atoms with Crippen molar-refractivity contribution in [3.8, 4) is 0 Å². The lowest BCUT2D eigenvalue weighted by molar-refractivity contribution is -0.136. The Morgan fingerprint density at radius 1 is 1.04 bits per heavy atom. The first-order chi connectivity index (χ1) is 12.0. The number of nitrogens with zero attached hydrogens (tertiary/aromatic N) is 2. The van der Waals surface area contributed by atoms with Gasteiger partial charge in [0, 0.05) is 15.9 Å². The van der Waals surface area contributed by atoms with Crippen molar-refractivity contribution in [2.45, 2.75) is 18.4 Å². The van der Waals surface area contributed by atoms with E-state index in [1.54, 1.807) is 36.4 Å². The Morgan fingerprint density at radius 3 is 2.40 bits per heavy atom. The number of carbonyl (C=O) groups is 2. The van der Waals surface area contributed by atoms with Crippen LogP contribution in [0.1, 0.15) is 18.4 Å². The molecule has 2 heterocycles. The Balaban J connectivity index is 1.60. The van der Waals surface area contributed by atoms with Gasteiger partial charge in [0.25, 0.3) is 5.91 Å². The van der Waals surface area contributed by atoms with Crippen LogP contribution < -0.4 is 4.90 Å². The van der Waals surface area contributed by atoms with Gasteiger partial charge < -0.3 is 4.84 Å². The Kier molecular flexibility index (Phi) is 3.89. The van der Waals surface area contributed by atoms with Crippen LogP contribution in [-0.4, -0.2) is 23.1 Å². The summed E-state index contributed by atoms with van der Waals surface area (Å²) >= 11 is 9.24. The van der Waals surface area contributed by atoms with Crippen LogP contribution in [0.3, 0.4) is 0 Å². The minimum Gasteiger partial charge on any atom is -0.378 e. The van der Waals surface area contributed by atoms with Crippen molar-refractivity contribution < 1.29 is 14.4 Å². The van der Waals surface area contributed by atoms with Gasteiger partial charge in [0.05, 0.1) is 17.8 Å². The number of amides is 2. The predicted molar refractivity (Wildman–Crippen MR) is 97.7 cm³/mol. The second-order valence-electron chi connectivity index (χ2n) is 5.99. The van der Waals surface area contributed by atoms with E-state index in [1.807, 2.05) is 12.1 Å². The molecule has 0 aromatic heterocycles. The molecule has 1 saturated heterocycles. The van der Waals surface area contributed by atoms with E-state index in [-0.39, 0.29) is 24.7 Å². The molecule has 0 aliphatic carbocycles. The number of carbonyl (C=O) groups excluding carboxylic acids is 2. The number of rotatable bonds is 2. The maximum atomic E-state index is 12.9. The van der Waals surface area contributed by atoms with E-state index in [1.165, 1.54) is 4.90 Å². The molecular formula is C18H12BrClN2O3. The zero-order valence-electron chi connectivity index (χ0n) is 12.9. The van der Waals surface area contributed by atoms with Crippen LogP contribution in [0.5, 0.6) is 0 Å². The number of halogens is 2. The second kappa shape index (κ2) is 5.97. The molecule has 1 atom stereocenters. The SMILES string of the molecule is O=C1C[C@@]2(CC(c3ccc(Cl)cc3)=NO2)C(=O)N1c1ccc(Br)cc1. The molecule has 2 aromatic carbocycles. The minimum absolute atomic E-state index is 0.0253. The Labute approximate surface area is 157 Å². The molecule has 0 saturated carbocycles. The van der Waals surface area contributed by atoms with Gasteiger partial charge in [-0.3, -0.25) is 9.59 Å². The number of hydrogen-bond acceptors (Lipinski definition) is 4. The zero-order valence-corrected chi connectivity index (χ0v) is 15.3. The average molecular weight is 420 g/mol. The molecule has 0 N–H and O–H groups in total. The molecule has 0 radical (unpaired) electrons. The maximum absolute atomic E-state index is 12.9. The normalized spacial score (nSPS) is 22.5. The van der Waals surface area contributed by atoms with Crippen LogP contribution >= 0.6 is 27.5 Å². The van der Waals surface area contributed by atoms with Crippen LogP contribution in [0.4, 0.5) is 5.69 Å². The molecule has 126 valence electrons. The van der Waals surface area contributed by atoms with Crippen LogP contribution in [0.2, 0.25) is 5.02 Å². The van der Waals surface area contributed by atoms with Crippen molar-refractivity contribution in [1.82, 2.24) is 0 Å².